The van der Waals surface area contributed by atoms with Gasteiger partial charge in [0.05, 0.1) is 39.3 Å². The van der Waals surface area contributed by atoms with Gasteiger partial charge in [0.15, 0.2) is 11.0 Å². The topological polar surface area (TPSA) is 85.8 Å². The van der Waals surface area contributed by atoms with Gasteiger partial charge in [0.1, 0.15) is 5.76 Å². The molecule has 0 fully saturated rings. The number of hydrogen-bond donors (Lipinski definition) is 1. The number of carbonyl (C=O) groups is 1. The van der Waals surface area contributed by atoms with Crippen LogP contribution < -0.4 is 5.32 Å². The summed E-state index contributed by atoms with van der Waals surface area (Å²) in [5.74, 6) is 1.20. The molecule has 4 aromatic rings. The molecule has 0 saturated heterocycles. The second-order valence-electron chi connectivity index (χ2n) is 6.29. The lowest BCUT2D eigenvalue weighted by atomic mass is 10.2. The number of rotatable bonds is 7. The Morgan fingerprint density at radius 3 is 2.58 bits per heavy atom. The summed E-state index contributed by atoms with van der Waals surface area (Å²) in [4.78, 5) is 16.5. The number of nitrogens with one attached hydrogen (secondary N) is 1. The smallest absolute Gasteiger partial charge is 0.234 e. The van der Waals surface area contributed by atoms with Gasteiger partial charge in [0, 0.05) is 18.0 Å². The van der Waals surface area contributed by atoms with Crippen LogP contribution in [0.5, 0.6) is 0 Å². The fraction of sp³-hybridized carbons (Fsp3) is 0.100. The fourth-order valence-electron chi connectivity index (χ4n) is 2.75. The predicted octanol–water partition coefficient (Wildman–Crippen LogP) is 5.67. The Labute approximate surface area is 196 Å². The largest absolute Gasteiger partial charge is 0.467 e. The number of thioether (sulfide) groups is 1. The highest BCUT2D eigenvalue weighted by atomic mass is 35.5. The molecule has 7 nitrogen and oxygen atoms in total. The van der Waals surface area contributed by atoms with Crippen molar-refractivity contribution in [1.29, 1.82) is 0 Å². The maximum Gasteiger partial charge on any atom is 0.234 e. The van der Waals surface area contributed by atoms with Crippen molar-refractivity contribution in [1.82, 2.24) is 19.7 Å². The molecule has 1 amide bonds. The summed E-state index contributed by atoms with van der Waals surface area (Å²) in [6.07, 6.45) is 4.97. The van der Waals surface area contributed by atoms with E-state index in [-0.39, 0.29) is 11.7 Å². The molecule has 3 aromatic heterocycles. The Bertz CT molecular complexity index is 1200. The number of nitrogens with zero attached hydrogens (tertiary/aromatic N) is 4. The van der Waals surface area contributed by atoms with E-state index in [1.54, 1.807) is 18.7 Å². The lowest BCUT2D eigenvalue weighted by Crippen LogP contribution is -2.15. The number of hydrogen-bond acceptors (Lipinski definition) is 6. The van der Waals surface area contributed by atoms with Gasteiger partial charge >= 0.3 is 0 Å². The van der Waals surface area contributed by atoms with Gasteiger partial charge in [-0.3, -0.25) is 14.3 Å². The minimum absolute atomic E-state index is 0.0865. The highest BCUT2D eigenvalue weighted by molar-refractivity contribution is 7.99. The summed E-state index contributed by atoms with van der Waals surface area (Å²) in [6.45, 7) is 0.417. The minimum atomic E-state index is -0.275. The van der Waals surface area contributed by atoms with E-state index in [0.29, 0.717) is 38.3 Å². The molecule has 0 radical (unpaired) electrons. The van der Waals surface area contributed by atoms with Crippen LogP contribution in [0.2, 0.25) is 15.1 Å². The third-order valence-corrected chi connectivity index (χ3v) is 6.17. The van der Waals surface area contributed by atoms with E-state index in [1.807, 2.05) is 28.8 Å². The zero-order valence-electron chi connectivity index (χ0n) is 15.8. The van der Waals surface area contributed by atoms with Gasteiger partial charge in [-0.1, -0.05) is 46.6 Å². The summed E-state index contributed by atoms with van der Waals surface area (Å²) in [5.41, 5.74) is 1.24. The first-order chi connectivity index (χ1) is 15.0. The number of furan rings is 1. The molecule has 3 heterocycles. The molecular weight excluding hydrogens is 481 g/mol. The summed E-state index contributed by atoms with van der Waals surface area (Å²) >= 11 is 19.3. The second-order valence-corrected chi connectivity index (χ2v) is 8.45. The Kier molecular flexibility index (Phi) is 6.82. The van der Waals surface area contributed by atoms with Gasteiger partial charge in [0.25, 0.3) is 0 Å². The Morgan fingerprint density at radius 2 is 1.84 bits per heavy atom. The average Bonchev–Trinajstić information content (AvgIpc) is 3.41. The molecule has 0 atom stereocenters. The molecule has 1 N–H and O–H groups in total. The van der Waals surface area contributed by atoms with Crippen molar-refractivity contribution in [3.8, 4) is 11.4 Å². The maximum atomic E-state index is 12.5. The molecule has 1 aromatic carbocycles. The van der Waals surface area contributed by atoms with Crippen molar-refractivity contribution >= 4 is 58.2 Å². The van der Waals surface area contributed by atoms with Crippen molar-refractivity contribution in [2.24, 2.45) is 0 Å². The molecule has 0 aliphatic heterocycles. The highest BCUT2D eigenvalue weighted by Crippen LogP contribution is 2.32. The lowest BCUT2D eigenvalue weighted by Gasteiger charge is -2.10. The van der Waals surface area contributed by atoms with Gasteiger partial charge in [-0.05, 0) is 36.4 Å². The molecule has 0 bridgehead atoms. The molecule has 0 aliphatic rings. The minimum Gasteiger partial charge on any atom is -0.467 e. The van der Waals surface area contributed by atoms with E-state index in [0.717, 1.165) is 11.3 Å². The molecule has 11 heteroatoms. The first kappa shape index (κ1) is 21.7. The van der Waals surface area contributed by atoms with Gasteiger partial charge in [-0.25, -0.2) is 0 Å². The van der Waals surface area contributed by atoms with Gasteiger partial charge in [-0.15, -0.1) is 10.2 Å². The van der Waals surface area contributed by atoms with Gasteiger partial charge < -0.3 is 9.73 Å². The number of amides is 1. The molecule has 0 saturated carbocycles. The van der Waals surface area contributed by atoms with Gasteiger partial charge in [0.2, 0.25) is 5.91 Å². The molecule has 0 aliphatic carbocycles. The predicted molar refractivity (Wildman–Crippen MR) is 122 cm³/mol. The number of halogens is 3. The molecule has 0 unspecified atom stereocenters. The molecule has 0 spiro atoms. The number of anilines is 1. The molecular formula is C20H14Cl3N5O2S. The van der Waals surface area contributed by atoms with Crippen molar-refractivity contribution in [3.63, 3.8) is 0 Å². The summed E-state index contributed by atoms with van der Waals surface area (Å²) < 4.78 is 7.36. The van der Waals surface area contributed by atoms with Crippen LogP contribution in [0.25, 0.3) is 11.4 Å². The first-order valence-corrected chi connectivity index (χ1v) is 11.1. The van der Waals surface area contributed by atoms with E-state index in [9.17, 15) is 4.79 Å². The quantitative estimate of drug-likeness (QED) is 0.263. The molecule has 158 valence electrons. The van der Waals surface area contributed by atoms with Gasteiger partial charge in [-0.2, -0.15) is 0 Å². The summed E-state index contributed by atoms with van der Waals surface area (Å²) in [5, 5.41) is 12.8. The van der Waals surface area contributed by atoms with E-state index in [4.69, 9.17) is 39.2 Å². The average molecular weight is 495 g/mol. The number of pyridine rings is 1. The third-order valence-electron chi connectivity index (χ3n) is 4.17. The summed E-state index contributed by atoms with van der Waals surface area (Å²) in [6, 6.07) is 10.4. The normalized spacial score (nSPS) is 10.9. The third kappa shape index (κ3) is 5.22. The Balaban J connectivity index is 1.52. The number of benzene rings is 1. The SMILES string of the molecule is O=C(CSc1nnc(-c2ccncc2)n1Cc1ccco1)Nc1cc(Cl)c(Cl)cc1Cl. The Hall–Kier alpha value is -2.52. The van der Waals surface area contributed by atoms with E-state index in [2.05, 4.69) is 20.5 Å². The maximum absolute atomic E-state index is 12.5. The van der Waals surface area contributed by atoms with E-state index < -0.39 is 0 Å². The van der Waals surface area contributed by atoms with Crippen LogP contribution in [0.1, 0.15) is 5.76 Å². The fourth-order valence-corrected chi connectivity index (χ4v) is 4.08. The van der Waals surface area contributed by atoms with Crippen LogP contribution in [-0.4, -0.2) is 31.4 Å². The van der Waals surface area contributed by atoms with Crippen LogP contribution in [0.3, 0.4) is 0 Å². The van der Waals surface area contributed by atoms with Crippen molar-refractivity contribution in [2.75, 3.05) is 11.1 Å². The summed E-state index contributed by atoms with van der Waals surface area (Å²) in [7, 11) is 0. The van der Waals surface area contributed by atoms with E-state index in [1.165, 1.54) is 23.9 Å². The van der Waals surface area contributed by atoms with Crippen LogP contribution in [0.4, 0.5) is 5.69 Å². The van der Waals surface area contributed by atoms with Crippen LogP contribution >= 0.6 is 46.6 Å². The zero-order chi connectivity index (χ0) is 21.8. The van der Waals surface area contributed by atoms with Crippen LogP contribution in [0.15, 0.2) is 64.6 Å². The lowest BCUT2D eigenvalue weighted by molar-refractivity contribution is -0.113. The van der Waals surface area contributed by atoms with E-state index >= 15 is 0 Å². The van der Waals surface area contributed by atoms with Crippen molar-refractivity contribution in [2.45, 2.75) is 11.7 Å². The van der Waals surface area contributed by atoms with Crippen molar-refractivity contribution in [3.05, 3.63) is 75.9 Å². The zero-order valence-corrected chi connectivity index (χ0v) is 18.8. The second kappa shape index (κ2) is 9.74. The Morgan fingerprint density at radius 1 is 1.06 bits per heavy atom. The standard InChI is InChI=1S/C20H14Cl3N5O2S/c21-14-8-16(23)17(9-15(14)22)25-18(29)11-31-20-27-26-19(12-3-5-24-6-4-12)28(20)10-13-2-1-7-30-13/h1-9H,10-11H2,(H,25,29). The monoisotopic (exact) mass is 493 g/mol. The number of aromatic nitrogens is 4. The molecule has 4 rings (SSSR count). The van der Waals surface area contributed by atoms with Crippen LogP contribution in [-0.2, 0) is 11.3 Å². The highest BCUT2D eigenvalue weighted by Gasteiger charge is 2.17. The van der Waals surface area contributed by atoms with Crippen molar-refractivity contribution < 1.29 is 9.21 Å². The van der Waals surface area contributed by atoms with Crippen LogP contribution in [0, 0.1) is 0 Å². The molecule has 31 heavy (non-hydrogen) atoms. The first-order valence-electron chi connectivity index (χ1n) is 8.94. The number of carbonyl (C=O) groups excluding carboxylic acids is 1.